The van der Waals surface area contributed by atoms with Crippen LogP contribution in [0.1, 0.15) is 0 Å². The van der Waals surface area contributed by atoms with Gasteiger partial charge in [0.2, 0.25) is 0 Å². The molecule has 22 heavy (non-hydrogen) atoms. The summed E-state index contributed by atoms with van der Waals surface area (Å²) in [4.78, 5) is 0. The zero-order valence-corrected chi connectivity index (χ0v) is 12.4. The highest BCUT2D eigenvalue weighted by molar-refractivity contribution is 6.64. The molecule has 0 atom stereocenters. The van der Waals surface area contributed by atoms with Crippen molar-refractivity contribution in [3.63, 3.8) is 0 Å². The summed E-state index contributed by atoms with van der Waals surface area (Å²) in [6.07, 6.45) is 1.68. The van der Waals surface area contributed by atoms with E-state index in [0.29, 0.717) is 5.82 Å². The number of benzene rings is 2. The van der Waals surface area contributed by atoms with Crippen LogP contribution in [0.25, 0.3) is 21.9 Å². The zero-order valence-electron chi connectivity index (χ0n) is 12.4. The third-order valence-electron chi connectivity index (χ3n) is 3.71. The summed E-state index contributed by atoms with van der Waals surface area (Å²) in [5.74, 6) is 1.16. The van der Waals surface area contributed by atoms with E-state index in [1.165, 1.54) is 0 Å². The van der Waals surface area contributed by atoms with Crippen LogP contribution in [0, 0.1) is 0 Å². The van der Waals surface area contributed by atoms with Crippen LogP contribution in [-0.2, 0) is 0 Å². The summed E-state index contributed by atoms with van der Waals surface area (Å²) in [7, 11) is 1.63. The lowest BCUT2D eigenvalue weighted by atomic mass is 9.64. The number of nitrogens with zero attached hydrogens (tertiary/aromatic N) is 2. The van der Waals surface area contributed by atoms with Gasteiger partial charge in [0.25, 0.3) is 0 Å². The molecule has 2 aromatic carbocycles. The molecule has 0 radical (unpaired) electrons. The van der Waals surface area contributed by atoms with Crippen LogP contribution < -0.4 is 15.9 Å². The molecule has 0 amide bonds. The first-order chi connectivity index (χ1) is 10.6. The second-order valence-corrected chi connectivity index (χ2v) is 5.17. The molecular weight excluding hydrogens is 277 g/mol. The molecule has 0 aliphatic rings. The van der Waals surface area contributed by atoms with Gasteiger partial charge in [0.1, 0.15) is 5.75 Å². The number of methoxy groups -OCH3 is 1. The van der Waals surface area contributed by atoms with E-state index in [9.17, 15) is 5.02 Å². The lowest BCUT2D eigenvalue weighted by Crippen LogP contribution is -2.26. The number of ether oxygens (including phenoxy) is 1. The average Bonchev–Trinajstić information content (AvgIpc) is 2.54. The van der Waals surface area contributed by atoms with Crippen LogP contribution in [0.4, 0.5) is 5.82 Å². The maximum absolute atomic E-state index is 9.79. The highest BCUT2D eigenvalue weighted by Gasteiger charge is 2.13. The highest BCUT2D eigenvalue weighted by atomic mass is 16.5. The minimum absolute atomic E-state index is 0.411. The van der Waals surface area contributed by atoms with Gasteiger partial charge >= 0.3 is 6.92 Å². The summed E-state index contributed by atoms with van der Waals surface area (Å²) < 4.78 is 5.44. The standard InChI is InChI=1S/C16H16BN3O2/c1-17(21)12-4-6-15(22-2)14(8-12)10-3-5-13-11(7-10)9-19-20-16(13)18/h3-9,21H,1-2H3,(H2,18,20). The van der Waals surface area contributed by atoms with Crippen LogP contribution in [-0.4, -0.2) is 29.2 Å². The number of anilines is 1. The fourth-order valence-electron chi connectivity index (χ4n) is 2.49. The van der Waals surface area contributed by atoms with E-state index in [2.05, 4.69) is 10.2 Å². The summed E-state index contributed by atoms with van der Waals surface area (Å²) in [5, 5.41) is 19.3. The molecule has 110 valence electrons. The van der Waals surface area contributed by atoms with Crippen LogP contribution in [0.2, 0.25) is 6.82 Å². The summed E-state index contributed by atoms with van der Waals surface area (Å²) in [6, 6.07) is 11.5. The van der Waals surface area contributed by atoms with Gasteiger partial charge in [0, 0.05) is 16.3 Å². The van der Waals surface area contributed by atoms with E-state index in [4.69, 9.17) is 10.5 Å². The van der Waals surface area contributed by atoms with Crippen molar-refractivity contribution in [1.82, 2.24) is 10.2 Å². The van der Waals surface area contributed by atoms with Gasteiger partial charge in [0.05, 0.1) is 13.3 Å². The predicted molar refractivity (Wildman–Crippen MR) is 89.4 cm³/mol. The minimum atomic E-state index is -0.536. The molecule has 0 fully saturated rings. The molecule has 0 saturated carbocycles. The SMILES string of the molecule is COc1ccc(B(C)O)cc1-c1ccc2c(N)nncc2c1. The fraction of sp³-hybridized carbons (Fsp3) is 0.125. The van der Waals surface area contributed by atoms with E-state index in [0.717, 1.165) is 33.1 Å². The number of nitrogen functional groups attached to an aromatic ring is 1. The zero-order chi connectivity index (χ0) is 15.7. The smallest absolute Gasteiger partial charge is 0.320 e. The Morgan fingerprint density at radius 3 is 2.73 bits per heavy atom. The van der Waals surface area contributed by atoms with Crippen molar-refractivity contribution in [3.8, 4) is 16.9 Å². The molecule has 0 aliphatic carbocycles. The molecule has 3 rings (SSSR count). The molecule has 0 aliphatic heterocycles. The fourth-order valence-corrected chi connectivity index (χ4v) is 2.49. The predicted octanol–water partition coefficient (Wildman–Crippen LogP) is 1.71. The third kappa shape index (κ3) is 2.49. The van der Waals surface area contributed by atoms with Crippen molar-refractivity contribution in [2.45, 2.75) is 6.82 Å². The quantitative estimate of drug-likeness (QED) is 0.718. The van der Waals surface area contributed by atoms with Crippen molar-refractivity contribution >= 4 is 29.0 Å². The molecule has 0 bridgehead atoms. The van der Waals surface area contributed by atoms with Gasteiger partial charge in [-0.25, -0.2) is 0 Å². The van der Waals surface area contributed by atoms with E-state index in [-0.39, 0.29) is 0 Å². The Morgan fingerprint density at radius 1 is 1.18 bits per heavy atom. The Hall–Kier alpha value is -2.60. The van der Waals surface area contributed by atoms with Crippen molar-refractivity contribution in [2.24, 2.45) is 0 Å². The van der Waals surface area contributed by atoms with E-state index < -0.39 is 6.92 Å². The van der Waals surface area contributed by atoms with Gasteiger partial charge in [-0.05, 0) is 29.2 Å². The number of hydrogen-bond donors (Lipinski definition) is 2. The van der Waals surface area contributed by atoms with Crippen molar-refractivity contribution in [1.29, 1.82) is 0 Å². The molecule has 6 heteroatoms. The lowest BCUT2D eigenvalue weighted by molar-refractivity contribution is 0.416. The monoisotopic (exact) mass is 293 g/mol. The number of rotatable bonds is 3. The minimum Gasteiger partial charge on any atom is -0.496 e. The second kappa shape index (κ2) is 5.65. The van der Waals surface area contributed by atoms with Crippen LogP contribution in [0.3, 0.4) is 0 Å². The van der Waals surface area contributed by atoms with Gasteiger partial charge in [-0.3, -0.25) is 0 Å². The van der Waals surface area contributed by atoms with Crippen molar-refractivity contribution in [3.05, 3.63) is 42.6 Å². The number of aromatic nitrogens is 2. The lowest BCUT2D eigenvalue weighted by Gasteiger charge is -2.12. The Bertz CT molecular complexity index is 837. The molecular formula is C16H16BN3O2. The largest absolute Gasteiger partial charge is 0.496 e. The third-order valence-corrected chi connectivity index (χ3v) is 3.71. The first kappa shape index (κ1) is 14.3. The van der Waals surface area contributed by atoms with Gasteiger partial charge in [0.15, 0.2) is 5.82 Å². The maximum atomic E-state index is 9.79. The first-order valence-electron chi connectivity index (χ1n) is 6.97. The number of fused-ring (bicyclic) bond motifs is 1. The van der Waals surface area contributed by atoms with E-state index >= 15 is 0 Å². The van der Waals surface area contributed by atoms with Gasteiger partial charge in [-0.15, -0.1) is 5.10 Å². The van der Waals surface area contributed by atoms with Crippen LogP contribution >= 0.6 is 0 Å². The van der Waals surface area contributed by atoms with Crippen molar-refractivity contribution < 1.29 is 9.76 Å². The first-order valence-corrected chi connectivity index (χ1v) is 6.97. The summed E-state index contributed by atoms with van der Waals surface area (Å²) in [6.45, 7) is 1.20. The van der Waals surface area contributed by atoms with Crippen molar-refractivity contribution in [2.75, 3.05) is 12.8 Å². The Kier molecular flexibility index (Phi) is 3.69. The van der Waals surface area contributed by atoms with Gasteiger partial charge < -0.3 is 15.5 Å². The summed E-state index contributed by atoms with van der Waals surface area (Å²) in [5.41, 5.74) is 8.56. The molecule has 1 heterocycles. The second-order valence-electron chi connectivity index (χ2n) is 5.17. The highest BCUT2D eigenvalue weighted by Crippen LogP contribution is 2.31. The van der Waals surface area contributed by atoms with Gasteiger partial charge in [-0.2, -0.15) is 5.10 Å². The molecule has 3 aromatic rings. The van der Waals surface area contributed by atoms with Crippen LogP contribution in [0.5, 0.6) is 5.75 Å². The summed E-state index contributed by atoms with van der Waals surface area (Å²) >= 11 is 0. The Labute approximate surface area is 128 Å². The Balaban J connectivity index is 2.19. The Morgan fingerprint density at radius 2 is 2.00 bits per heavy atom. The topological polar surface area (TPSA) is 81.3 Å². The average molecular weight is 293 g/mol. The van der Waals surface area contributed by atoms with Crippen LogP contribution in [0.15, 0.2) is 42.6 Å². The number of nitrogens with two attached hydrogens (primary N) is 1. The molecule has 0 unspecified atom stereocenters. The maximum Gasteiger partial charge on any atom is 0.320 e. The molecule has 3 N–H and O–H groups in total. The molecule has 0 saturated heterocycles. The normalized spacial score (nSPS) is 10.7. The van der Waals surface area contributed by atoms with E-state index in [1.54, 1.807) is 20.1 Å². The number of hydrogen-bond acceptors (Lipinski definition) is 5. The molecule has 5 nitrogen and oxygen atoms in total. The molecule has 0 spiro atoms. The molecule has 1 aromatic heterocycles. The van der Waals surface area contributed by atoms with E-state index in [1.807, 2.05) is 36.4 Å². The van der Waals surface area contributed by atoms with Gasteiger partial charge in [-0.1, -0.05) is 25.0 Å².